The molecule has 4 rings (SSSR count). The SMILES string of the molecule is COc1ccc(CC(=O)Nc2ccc(N3CCCN(Cc4cc(C)ccc4C)C3=O)cc2)cc1. The Hall–Kier alpha value is -3.80. The van der Waals surface area contributed by atoms with Gasteiger partial charge in [-0.3, -0.25) is 9.69 Å². The topological polar surface area (TPSA) is 61.9 Å². The molecular weight excluding hydrogens is 426 g/mol. The number of carbonyl (C=O) groups excluding carboxylic acids is 2. The number of rotatable bonds is 7. The van der Waals surface area contributed by atoms with Crippen LogP contribution in [0.25, 0.3) is 0 Å². The minimum atomic E-state index is -0.0911. The molecule has 1 saturated heterocycles. The zero-order valence-corrected chi connectivity index (χ0v) is 20.0. The highest BCUT2D eigenvalue weighted by Crippen LogP contribution is 2.24. The number of aryl methyl sites for hydroxylation is 2. The number of benzene rings is 3. The number of carbonyl (C=O) groups is 2. The molecule has 0 atom stereocenters. The standard InChI is InChI=1S/C28H31N3O3/c1-20-5-6-21(2)23(17-20)19-30-15-4-16-31(28(30)33)25-11-9-24(10-12-25)29-27(32)18-22-7-13-26(34-3)14-8-22/h5-14,17H,4,15-16,18-19H2,1-3H3,(H,29,32). The lowest BCUT2D eigenvalue weighted by Gasteiger charge is -2.36. The number of amides is 3. The number of ether oxygens (including phenoxy) is 1. The summed E-state index contributed by atoms with van der Waals surface area (Å²) in [5.41, 5.74) is 6.04. The molecule has 0 aliphatic carbocycles. The van der Waals surface area contributed by atoms with E-state index in [1.807, 2.05) is 58.3 Å². The van der Waals surface area contributed by atoms with Crippen LogP contribution in [0.3, 0.4) is 0 Å². The third-order valence-corrected chi connectivity index (χ3v) is 6.16. The molecule has 176 valence electrons. The van der Waals surface area contributed by atoms with Crippen molar-refractivity contribution in [2.24, 2.45) is 0 Å². The fraction of sp³-hybridized carbons (Fsp3) is 0.286. The monoisotopic (exact) mass is 457 g/mol. The number of nitrogens with one attached hydrogen (secondary N) is 1. The summed E-state index contributed by atoms with van der Waals surface area (Å²) in [5.74, 6) is 0.672. The van der Waals surface area contributed by atoms with Crippen molar-refractivity contribution in [3.63, 3.8) is 0 Å². The maximum absolute atomic E-state index is 13.2. The second kappa shape index (κ2) is 10.4. The lowest BCUT2D eigenvalue weighted by atomic mass is 10.0. The molecule has 3 aromatic carbocycles. The summed E-state index contributed by atoms with van der Waals surface area (Å²) >= 11 is 0. The Morgan fingerprint density at radius 3 is 2.41 bits per heavy atom. The van der Waals surface area contributed by atoms with Crippen LogP contribution in [-0.2, 0) is 17.8 Å². The van der Waals surface area contributed by atoms with Crippen LogP contribution in [0, 0.1) is 13.8 Å². The Labute approximate surface area is 201 Å². The summed E-state index contributed by atoms with van der Waals surface area (Å²) in [6, 6.07) is 21.3. The van der Waals surface area contributed by atoms with Crippen molar-refractivity contribution < 1.29 is 14.3 Å². The Morgan fingerprint density at radius 2 is 1.71 bits per heavy atom. The van der Waals surface area contributed by atoms with Crippen LogP contribution >= 0.6 is 0 Å². The Balaban J connectivity index is 1.38. The van der Waals surface area contributed by atoms with Gasteiger partial charge >= 0.3 is 6.03 Å². The molecule has 1 aliphatic rings. The van der Waals surface area contributed by atoms with Gasteiger partial charge in [0.25, 0.3) is 0 Å². The van der Waals surface area contributed by atoms with E-state index in [0.29, 0.717) is 18.8 Å². The van der Waals surface area contributed by atoms with Gasteiger partial charge in [0, 0.05) is 31.0 Å². The molecule has 1 N–H and O–H groups in total. The van der Waals surface area contributed by atoms with E-state index in [2.05, 4.69) is 37.4 Å². The van der Waals surface area contributed by atoms with E-state index in [4.69, 9.17) is 4.74 Å². The molecule has 0 radical (unpaired) electrons. The van der Waals surface area contributed by atoms with Crippen molar-refractivity contribution >= 4 is 23.3 Å². The molecule has 0 spiro atoms. The molecule has 0 bridgehead atoms. The molecule has 0 saturated carbocycles. The van der Waals surface area contributed by atoms with Crippen LogP contribution in [0.4, 0.5) is 16.2 Å². The molecule has 1 heterocycles. The van der Waals surface area contributed by atoms with E-state index < -0.39 is 0 Å². The second-order valence-electron chi connectivity index (χ2n) is 8.76. The van der Waals surface area contributed by atoms with Gasteiger partial charge in [0.2, 0.25) is 5.91 Å². The van der Waals surface area contributed by atoms with Crippen LogP contribution in [0.5, 0.6) is 5.75 Å². The van der Waals surface area contributed by atoms with E-state index in [0.717, 1.165) is 30.0 Å². The van der Waals surface area contributed by atoms with Crippen LogP contribution in [0.2, 0.25) is 0 Å². The second-order valence-corrected chi connectivity index (χ2v) is 8.76. The molecule has 3 aromatic rings. The van der Waals surface area contributed by atoms with Gasteiger partial charge in [-0.15, -0.1) is 0 Å². The van der Waals surface area contributed by atoms with E-state index in [1.54, 1.807) is 7.11 Å². The predicted molar refractivity (Wildman–Crippen MR) is 135 cm³/mol. The van der Waals surface area contributed by atoms with Crippen molar-refractivity contribution in [3.8, 4) is 5.75 Å². The molecular formula is C28H31N3O3. The van der Waals surface area contributed by atoms with Gasteiger partial charge in [0.05, 0.1) is 13.5 Å². The number of methoxy groups -OCH3 is 1. The van der Waals surface area contributed by atoms with E-state index in [-0.39, 0.29) is 18.4 Å². The minimum Gasteiger partial charge on any atom is -0.497 e. The quantitative estimate of drug-likeness (QED) is 0.522. The van der Waals surface area contributed by atoms with Crippen LogP contribution in [0.15, 0.2) is 66.7 Å². The average Bonchev–Trinajstić information content (AvgIpc) is 2.84. The Morgan fingerprint density at radius 1 is 0.971 bits per heavy atom. The third kappa shape index (κ3) is 5.57. The molecule has 6 nitrogen and oxygen atoms in total. The molecule has 0 unspecified atom stereocenters. The highest BCUT2D eigenvalue weighted by molar-refractivity contribution is 5.94. The normalized spacial score (nSPS) is 13.7. The number of nitrogens with zero attached hydrogens (tertiary/aromatic N) is 2. The third-order valence-electron chi connectivity index (χ3n) is 6.16. The Kier molecular flexibility index (Phi) is 7.16. The van der Waals surface area contributed by atoms with E-state index in [9.17, 15) is 9.59 Å². The highest BCUT2D eigenvalue weighted by atomic mass is 16.5. The number of hydrogen-bond donors (Lipinski definition) is 1. The van der Waals surface area contributed by atoms with Crippen molar-refractivity contribution in [1.82, 2.24) is 4.90 Å². The first-order valence-electron chi connectivity index (χ1n) is 11.6. The highest BCUT2D eigenvalue weighted by Gasteiger charge is 2.27. The average molecular weight is 458 g/mol. The van der Waals surface area contributed by atoms with Crippen molar-refractivity contribution in [2.75, 3.05) is 30.4 Å². The Bertz CT molecular complexity index is 1160. The van der Waals surface area contributed by atoms with Crippen LogP contribution in [-0.4, -0.2) is 37.0 Å². The molecule has 1 aliphatic heterocycles. The van der Waals surface area contributed by atoms with Gasteiger partial charge in [-0.25, -0.2) is 4.79 Å². The predicted octanol–water partition coefficient (Wildman–Crippen LogP) is 5.33. The fourth-order valence-corrected chi connectivity index (χ4v) is 4.20. The largest absolute Gasteiger partial charge is 0.497 e. The van der Waals surface area contributed by atoms with Gasteiger partial charge in [0.1, 0.15) is 5.75 Å². The molecule has 3 amide bonds. The molecule has 34 heavy (non-hydrogen) atoms. The minimum absolute atomic E-state index is 0.0171. The first kappa shape index (κ1) is 23.4. The van der Waals surface area contributed by atoms with E-state index in [1.165, 1.54) is 16.7 Å². The van der Waals surface area contributed by atoms with E-state index >= 15 is 0 Å². The van der Waals surface area contributed by atoms with Crippen molar-refractivity contribution in [3.05, 3.63) is 89.0 Å². The van der Waals surface area contributed by atoms with Crippen LogP contribution < -0.4 is 15.0 Å². The molecule has 1 fully saturated rings. The summed E-state index contributed by atoms with van der Waals surface area (Å²) in [5, 5.41) is 2.93. The molecule has 6 heteroatoms. The maximum Gasteiger partial charge on any atom is 0.324 e. The summed E-state index contributed by atoms with van der Waals surface area (Å²) in [6.07, 6.45) is 1.20. The van der Waals surface area contributed by atoms with Gasteiger partial charge in [-0.2, -0.15) is 0 Å². The lowest BCUT2D eigenvalue weighted by molar-refractivity contribution is -0.115. The fourth-order valence-electron chi connectivity index (χ4n) is 4.20. The number of anilines is 2. The van der Waals surface area contributed by atoms with Crippen molar-refractivity contribution in [2.45, 2.75) is 33.2 Å². The zero-order chi connectivity index (χ0) is 24.1. The van der Waals surface area contributed by atoms with Gasteiger partial charge < -0.3 is 15.0 Å². The van der Waals surface area contributed by atoms with Gasteiger partial charge in [-0.05, 0) is 73.4 Å². The lowest BCUT2D eigenvalue weighted by Crippen LogP contribution is -2.49. The first-order valence-corrected chi connectivity index (χ1v) is 11.6. The first-order chi connectivity index (χ1) is 16.4. The molecule has 0 aromatic heterocycles. The summed E-state index contributed by atoms with van der Waals surface area (Å²) in [7, 11) is 1.62. The van der Waals surface area contributed by atoms with Gasteiger partial charge in [-0.1, -0.05) is 35.9 Å². The summed E-state index contributed by atoms with van der Waals surface area (Å²) < 4.78 is 5.15. The van der Waals surface area contributed by atoms with Crippen molar-refractivity contribution in [1.29, 1.82) is 0 Å². The zero-order valence-electron chi connectivity index (χ0n) is 20.0. The number of urea groups is 1. The number of hydrogen-bond acceptors (Lipinski definition) is 3. The maximum atomic E-state index is 13.2. The van der Waals surface area contributed by atoms with Gasteiger partial charge in [0.15, 0.2) is 0 Å². The van der Waals surface area contributed by atoms with Crippen LogP contribution in [0.1, 0.15) is 28.7 Å². The smallest absolute Gasteiger partial charge is 0.324 e. The summed E-state index contributed by atoms with van der Waals surface area (Å²) in [4.78, 5) is 29.4. The summed E-state index contributed by atoms with van der Waals surface area (Å²) in [6.45, 7) is 6.21.